The van der Waals surface area contributed by atoms with Gasteiger partial charge in [0.2, 0.25) is 5.95 Å². The predicted molar refractivity (Wildman–Crippen MR) is 91.2 cm³/mol. The zero-order valence-electron chi connectivity index (χ0n) is 14.2. The number of aromatic nitrogens is 2. The number of aryl methyl sites for hydroxylation is 1. The second kappa shape index (κ2) is 6.03. The maximum Gasteiger partial charge on any atom is 0.222 e. The van der Waals surface area contributed by atoms with E-state index in [1.807, 2.05) is 0 Å². The first-order valence-electron chi connectivity index (χ1n) is 8.59. The number of anilines is 2. The molecule has 2 aliphatic rings. The van der Waals surface area contributed by atoms with E-state index in [-0.39, 0.29) is 0 Å². The number of nitrogens with two attached hydrogens (primary N) is 1. The molecular formula is C17H29N5. The molecule has 0 saturated carbocycles. The summed E-state index contributed by atoms with van der Waals surface area (Å²) in [5, 5.41) is 0. The van der Waals surface area contributed by atoms with Crippen LogP contribution in [0.15, 0.2) is 0 Å². The third-order valence-corrected chi connectivity index (χ3v) is 5.36. The molecule has 1 atom stereocenters. The second-order valence-corrected chi connectivity index (χ2v) is 7.23. The summed E-state index contributed by atoms with van der Waals surface area (Å²) < 4.78 is 0. The Morgan fingerprint density at radius 2 is 1.95 bits per heavy atom. The van der Waals surface area contributed by atoms with Crippen molar-refractivity contribution in [3.63, 3.8) is 0 Å². The van der Waals surface area contributed by atoms with Gasteiger partial charge in [-0.2, -0.15) is 4.98 Å². The quantitative estimate of drug-likeness (QED) is 0.924. The topological polar surface area (TPSA) is 58.3 Å². The summed E-state index contributed by atoms with van der Waals surface area (Å²) in [5.74, 6) is 1.52. The Bertz CT molecular complexity index is 544. The first kappa shape index (κ1) is 15.5. The van der Waals surface area contributed by atoms with Crippen molar-refractivity contribution in [1.82, 2.24) is 14.9 Å². The Labute approximate surface area is 133 Å². The molecule has 5 heteroatoms. The van der Waals surface area contributed by atoms with Crippen LogP contribution in [0.2, 0.25) is 0 Å². The van der Waals surface area contributed by atoms with Crippen LogP contribution < -0.4 is 10.6 Å². The van der Waals surface area contributed by atoms with Gasteiger partial charge in [0.25, 0.3) is 0 Å². The van der Waals surface area contributed by atoms with Crippen LogP contribution in [0.3, 0.4) is 0 Å². The van der Waals surface area contributed by atoms with Gasteiger partial charge in [-0.1, -0.05) is 13.3 Å². The molecule has 0 radical (unpaired) electrons. The lowest BCUT2D eigenvalue weighted by Gasteiger charge is -2.26. The highest BCUT2D eigenvalue weighted by Gasteiger charge is 2.43. The van der Waals surface area contributed by atoms with Crippen LogP contribution in [0.5, 0.6) is 0 Å². The summed E-state index contributed by atoms with van der Waals surface area (Å²) >= 11 is 0. The molecule has 1 unspecified atom stereocenters. The van der Waals surface area contributed by atoms with Gasteiger partial charge >= 0.3 is 0 Å². The minimum Gasteiger partial charge on any atom is -0.368 e. The normalized spacial score (nSPS) is 25.5. The predicted octanol–water partition coefficient (Wildman–Crippen LogP) is 2.24. The lowest BCUT2D eigenvalue weighted by molar-refractivity contribution is 0.312. The molecule has 0 aromatic carbocycles. The Kier molecular flexibility index (Phi) is 4.26. The molecule has 3 rings (SSSR count). The van der Waals surface area contributed by atoms with Gasteiger partial charge in [-0.3, -0.25) is 0 Å². The maximum absolute atomic E-state index is 5.93. The molecule has 1 aromatic rings. The number of hydrogen-bond acceptors (Lipinski definition) is 5. The average molecular weight is 303 g/mol. The number of nitrogen functional groups attached to an aromatic ring is 1. The molecule has 2 aliphatic heterocycles. The van der Waals surface area contributed by atoms with Crippen LogP contribution in [0.4, 0.5) is 11.8 Å². The number of rotatable bonds is 4. The van der Waals surface area contributed by atoms with Crippen LogP contribution in [0, 0.1) is 12.3 Å². The third kappa shape index (κ3) is 2.91. The summed E-state index contributed by atoms with van der Waals surface area (Å²) in [7, 11) is 2.23. The molecule has 2 N–H and O–H groups in total. The molecule has 0 bridgehead atoms. The van der Waals surface area contributed by atoms with Crippen molar-refractivity contribution < 1.29 is 0 Å². The molecule has 5 nitrogen and oxygen atoms in total. The summed E-state index contributed by atoms with van der Waals surface area (Å²) in [6.45, 7) is 8.96. The van der Waals surface area contributed by atoms with Gasteiger partial charge in [0, 0.05) is 36.3 Å². The van der Waals surface area contributed by atoms with Crippen molar-refractivity contribution in [3.05, 3.63) is 11.3 Å². The molecule has 1 spiro atoms. The van der Waals surface area contributed by atoms with E-state index in [0.717, 1.165) is 31.0 Å². The fourth-order valence-corrected chi connectivity index (χ4v) is 4.12. The summed E-state index contributed by atoms with van der Waals surface area (Å²) in [4.78, 5) is 13.9. The molecule has 2 saturated heterocycles. The number of hydrogen-bond donors (Lipinski definition) is 1. The van der Waals surface area contributed by atoms with Crippen molar-refractivity contribution in [1.29, 1.82) is 0 Å². The summed E-state index contributed by atoms with van der Waals surface area (Å²) in [6.07, 6.45) is 6.01. The van der Waals surface area contributed by atoms with Crippen LogP contribution in [0.1, 0.15) is 43.9 Å². The zero-order chi connectivity index (χ0) is 15.7. The highest BCUT2D eigenvalue weighted by atomic mass is 15.3. The van der Waals surface area contributed by atoms with E-state index in [1.165, 1.54) is 44.3 Å². The fraction of sp³-hybridized carbons (Fsp3) is 0.765. The first-order valence-corrected chi connectivity index (χ1v) is 8.59. The number of nitrogens with zero attached hydrogens (tertiary/aromatic N) is 4. The lowest BCUT2D eigenvalue weighted by atomic mass is 9.86. The van der Waals surface area contributed by atoms with Crippen LogP contribution >= 0.6 is 0 Å². The van der Waals surface area contributed by atoms with Crippen LogP contribution in [0.25, 0.3) is 0 Å². The van der Waals surface area contributed by atoms with Crippen molar-refractivity contribution in [2.24, 2.45) is 5.41 Å². The molecule has 122 valence electrons. The summed E-state index contributed by atoms with van der Waals surface area (Å²) in [5.41, 5.74) is 8.76. The van der Waals surface area contributed by atoms with Gasteiger partial charge in [-0.15, -0.1) is 0 Å². The average Bonchev–Trinajstić information content (AvgIpc) is 3.04. The van der Waals surface area contributed by atoms with Crippen LogP contribution in [-0.4, -0.2) is 48.1 Å². The zero-order valence-corrected chi connectivity index (χ0v) is 14.2. The van der Waals surface area contributed by atoms with Crippen molar-refractivity contribution >= 4 is 11.8 Å². The number of unbranched alkanes of at least 4 members (excludes halogenated alkanes) is 1. The molecule has 0 amide bonds. The van der Waals surface area contributed by atoms with Crippen molar-refractivity contribution in [3.8, 4) is 0 Å². The minimum atomic E-state index is 0.414. The van der Waals surface area contributed by atoms with Crippen molar-refractivity contribution in [2.75, 3.05) is 43.9 Å². The second-order valence-electron chi connectivity index (χ2n) is 7.23. The highest BCUT2D eigenvalue weighted by molar-refractivity contribution is 5.53. The molecule has 1 aromatic heterocycles. The van der Waals surface area contributed by atoms with E-state index in [9.17, 15) is 0 Å². The van der Waals surface area contributed by atoms with E-state index in [4.69, 9.17) is 5.73 Å². The molecule has 0 aliphatic carbocycles. The fourth-order valence-electron chi connectivity index (χ4n) is 4.12. The minimum absolute atomic E-state index is 0.414. The molecule has 22 heavy (non-hydrogen) atoms. The molecule has 3 heterocycles. The lowest BCUT2D eigenvalue weighted by Crippen LogP contribution is -2.31. The van der Waals surface area contributed by atoms with E-state index in [2.05, 4.69) is 40.7 Å². The molecule has 2 fully saturated rings. The SMILES string of the molecule is CCCCc1c(C)nc(N)nc1N1CCC2(CCN(C)C2)C1. The molecular weight excluding hydrogens is 274 g/mol. The summed E-state index contributed by atoms with van der Waals surface area (Å²) in [6, 6.07) is 0. The van der Waals surface area contributed by atoms with Gasteiger partial charge in [0.05, 0.1) is 0 Å². The highest BCUT2D eigenvalue weighted by Crippen LogP contribution is 2.41. The van der Waals surface area contributed by atoms with Crippen molar-refractivity contribution in [2.45, 2.75) is 46.0 Å². The monoisotopic (exact) mass is 303 g/mol. The smallest absolute Gasteiger partial charge is 0.222 e. The number of likely N-dealkylation sites (tertiary alicyclic amines) is 1. The maximum atomic E-state index is 5.93. The van der Waals surface area contributed by atoms with Gasteiger partial charge < -0.3 is 15.5 Å². The van der Waals surface area contributed by atoms with Gasteiger partial charge in [0.15, 0.2) is 0 Å². The van der Waals surface area contributed by atoms with Gasteiger partial charge in [-0.25, -0.2) is 4.98 Å². The Morgan fingerprint density at radius 3 is 2.64 bits per heavy atom. The van der Waals surface area contributed by atoms with Gasteiger partial charge in [0.1, 0.15) is 5.82 Å². The van der Waals surface area contributed by atoms with E-state index >= 15 is 0 Å². The van der Waals surface area contributed by atoms with Gasteiger partial charge in [-0.05, 0) is 46.2 Å². The van der Waals surface area contributed by atoms with Crippen LogP contribution in [-0.2, 0) is 6.42 Å². The third-order valence-electron chi connectivity index (χ3n) is 5.36. The first-order chi connectivity index (χ1) is 10.5. The van der Waals surface area contributed by atoms with E-state index < -0.39 is 0 Å². The Morgan fingerprint density at radius 1 is 1.18 bits per heavy atom. The Hall–Kier alpha value is -1.36. The van der Waals surface area contributed by atoms with E-state index in [0.29, 0.717) is 11.4 Å². The standard InChI is InChI=1S/C17H29N5/c1-4-5-6-14-13(2)19-16(18)20-15(14)22-10-8-17(12-22)7-9-21(3)11-17/h4-12H2,1-3H3,(H2,18,19,20). The van der Waals surface area contributed by atoms with E-state index in [1.54, 1.807) is 0 Å². The Balaban J connectivity index is 1.85. The largest absolute Gasteiger partial charge is 0.368 e.